The van der Waals surface area contributed by atoms with E-state index in [1.54, 1.807) is 6.92 Å². The van der Waals surface area contributed by atoms with Crippen molar-refractivity contribution >= 4 is 11.8 Å². The topological polar surface area (TPSA) is 89.0 Å². The minimum absolute atomic E-state index is 0.0162. The first-order chi connectivity index (χ1) is 6.70. The molecule has 0 aliphatic carbocycles. The Hall–Kier alpha value is -2.09. The van der Waals surface area contributed by atoms with Gasteiger partial charge in [-0.15, -0.1) is 0 Å². The first-order valence-corrected chi connectivity index (χ1v) is 4.02. The lowest BCUT2D eigenvalue weighted by molar-refractivity contribution is 0.0527. The molecule has 1 aromatic heterocycles. The lowest BCUT2D eigenvalue weighted by atomic mass is 10.1. The number of carbonyl (C=O) groups excluding carboxylic acids is 1. The second-order valence-corrected chi connectivity index (χ2v) is 2.45. The number of hydrogen-bond acceptors (Lipinski definition) is 5. The number of hydrogen-bond donors (Lipinski definition) is 1. The van der Waals surface area contributed by atoms with Crippen molar-refractivity contribution in [3.05, 3.63) is 23.4 Å². The number of carbonyl (C=O) groups is 1. The molecule has 0 saturated heterocycles. The van der Waals surface area contributed by atoms with Crippen molar-refractivity contribution in [2.45, 2.75) is 6.92 Å². The highest BCUT2D eigenvalue weighted by atomic mass is 16.5. The summed E-state index contributed by atoms with van der Waals surface area (Å²) in [6.07, 6.45) is 1.37. The molecular weight excluding hydrogens is 182 g/mol. The van der Waals surface area contributed by atoms with E-state index in [0.29, 0.717) is 0 Å². The van der Waals surface area contributed by atoms with Crippen molar-refractivity contribution in [3.8, 4) is 6.07 Å². The third-order valence-electron chi connectivity index (χ3n) is 1.58. The summed E-state index contributed by atoms with van der Waals surface area (Å²) < 4.78 is 4.74. The number of nitrogens with zero attached hydrogens (tertiary/aromatic N) is 2. The van der Waals surface area contributed by atoms with Crippen LogP contribution in [0.1, 0.15) is 22.8 Å². The van der Waals surface area contributed by atoms with Crippen LogP contribution in [-0.2, 0) is 4.74 Å². The van der Waals surface area contributed by atoms with Crippen molar-refractivity contribution in [1.82, 2.24) is 4.98 Å². The Bertz CT molecular complexity index is 396. The van der Waals surface area contributed by atoms with E-state index in [4.69, 9.17) is 15.7 Å². The van der Waals surface area contributed by atoms with Gasteiger partial charge in [-0.1, -0.05) is 0 Å². The van der Waals surface area contributed by atoms with Gasteiger partial charge >= 0.3 is 5.97 Å². The maximum Gasteiger partial charge on any atom is 0.343 e. The Morgan fingerprint density at radius 2 is 2.50 bits per heavy atom. The maximum atomic E-state index is 11.4. The van der Waals surface area contributed by atoms with E-state index in [1.807, 2.05) is 6.07 Å². The van der Waals surface area contributed by atoms with Gasteiger partial charge in [0.15, 0.2) is 0 Å². The van der Waals surface area contributed by atoms with Gasteiger partial charge in [0.05, 0.1) is 12.2 Å². The Morgan fingerprint density at radius 3 is 3.07 bits per heavy atom. The summed E-state index contributed by atoms with van der Waals surface area (Å²) in [5.41, 5.74) is 5.68. The molecule has 5 heteroatoms. The standard InChI is InChI=1S/C9H9N3O2/c1-2-14-9(13)7-6(5-10)3-4-12-8(7)11/h3-4H,2H2,1H3,(H2,11,12). The number of anilines is 1. The minimum Gasteiger partial charge on any atom is -0.462 e. The van der Waals surface area contributed by atoms with Gasteiger partial charge in [-0.2, -0.15) is 5.26 Å². The number of pyridine rings is 1. The monoisotopic (exact) mass is 191 g/mol. The van der Waals surface area contributed by atoms with Crippen molar-refractivity contribution in [1.29, 1.82) is 5.26 Å². The number of nitrogens with two attached hydrogens (primary N) is 1. The number of aromatic nitrogens is 1. The highest BCUT2D eigenvalue weighted by Crippen LogP contribution is 2.14. The second kappa shape index (κ2) is 4.23. The summed E-state index contributed by atoms with van der Waals surface area (Å²) in [7, 11) is 0. The molecule has 5 nitrogen and oxygen atoms in total. The number of ether oxygens (including phenoxy) is 1. The number of nitriles is 1. The zero-order valence-electron chi connectivity index (χ0n) is 7.65. The van der Waals surface area contributed by atoms with Crippen molar-refractivity contribution < 1.29 is 9.53 Å². The molecule has 0 saturated carbocycles. The Labute approximate surface area is 81.1 Å². The zero-order chi connectivity index (χ0) is 10.6. The molecule has 14 heavy (non-hydrogen) atoms. The predicted molar refractivity (Wildman–Crippen MR) is 49.3 cm³/mol. The Kier molecular flexibility index (Phi) is 3.02. The quantitative estimate of drug-likeness (QED) is 0.695. The third kappa shape index (κ3) is 1.80. The first kappa shape index (κ1) is 9.99. The average Bonchev–Trinajstić information content (AvgIpc) is 2.17. The maximum absolute atomic E-state index is 11.4. The van der Waals surface area contributed by atoms with E-state index in [0.717, 1.165) is 0 Å². The van der Waals surface area contributed by atoms with Gasteiger partial charge in [0.1, 0.15) is 17.5 Å². The summed E-state index contributed by atoms with van der Waals surface area (Å²) in [5.74, 6) is -0.600. The molecular formula is C9H9N3O2. The molecule has 0 aliphatic heterocycles. The summed E-state index contributed by atoms with van der Waals surface area (Å²) in [6.45, 7) is 1.91. The SMILES string of the molecule is CCOC(=O)c1c(C#N)ccnc1N. The van der Waals surface area contributed by atoms with Crippen molar-refractivity contribution in [3.63, 3.8) is 0 Å². The van der Waals surface area contributed by atoms with Gasteiger partial charge in [-0.25, -0.2) is 9.78 Å². The second-order valence-electron chi connectivity index (χ2n) is 2.45. The number of nitrogen functional groups attached to an aromatic ring is 1. The molecule has 0 spiro atoms. The van der Waals surface area contributed by atoms with Crippen LogP contribution in [0.3, 0.4) is 0 Å². The molecule has 0 unspecified atom stereocenters. The molecule has 0 atom stereocenters. The van der Waals surface area contributed by atoms with Gasteiger partial charge < -0.3 is 10.5 Å². The van der Waals surface area contributed by atoms with Crippen LogP contribution in [0, 0.1) is 11.3 Å². The Balaban J connectivity index is 3.18. The van der Waals surface area contributed by atoms with Crippen LogP contribution < -0.4 is 5.73 Å². The van der Waals surface area contributed by atoms with E-state index in [2.05, 4.69) is 4.98 Å². The Morgan fingerprint density at radius 1 is 1.79 bits per heavy atom. The molecule has 0 aliphatic rings. The molecule has 1 rings (SSSR count). The predicted octanol–water partition coefficient (Wildman–Crippen LogP) is 0.712. The van der Waals surface area contributed by atoms with Gasteiger partial charge in [0, 0.05) is 6.20 Å². The molecule has 0 amide bonds. The summed E-state index contributed by atoms with van der Waals surface area (Å²) in [4.78, 5) is 15.1. The van der Waals surface area contributed by atoms with E-state index in [-0.39, 0.29) is 23.6 Å². The van der Waals surface area contributed by atoms with Crippen LogP contribution in [0.5, 0.6) is 0 Å². The molecule has 2 N–H and O–H groups in total. The summed E-state index contributed by atoms with van der Waals surface area (Å²) >= 11 is 0. The van der Waals surface area contributed by atoms with Gasteiger partial charge in [-0.3, -0.25) is 0 Å². The lowest BCUT2D eigenvalue weighted by Gasteiger charge is -2.05. The van der Waals surface area contributed by atoms with Crippen LogP contribution in [0.2, 0.25) is 0 Å². The molecule has 1 aromatic rings. The fraction of sp³-hybridized carbons (Fsp3) is 0.222. The third-order valence-corrected chi connectivity index (χ3v) is 1.58. The molecule has 1 heterocycles. The summed E-state index contributed by atoms with van der Waals surface area (Å²) in [5, 5.41) is 8.72. The van der Waals surface area contributed by atoms with Crippen LogP contribution in [-0.4, -0.2) is 17.6 Å². The van der Waals surface area contributed by atoms with E-state index < -0.39 is 5.97 Å². The van der Waals surface area contributed by atoms with E-state index in [9.17, 15) is 4.79 Å². The van der Waals surface area contributed by atoms with E-state index in [1.165, 1.54) is 12.3 Å². The van der Waals surface area contributed by atoms with Gasteiger partial charge in [-0.05, 0) is 13.0 Å². The van der Waals surface area contributed by atoms with Crippen LogP contribution >= 0.6 is 0 Å². The van der Waals surface area contributed by atoms with Crippen molar-refractivity contribution in [2.75, 3.05) is 12.3 Å². The molecule has 0 fully saturated rings. The van der Waals surface area contributed by atoms with E-state index >= 15 is 0 Å². The fourth-order valence-electron chi connectivity index (χ4n) is 0.989. The number of esters is 1. The average molecular weight is 191 g/mol. The molecule has 72 valence electrons. The molecule has 0 radical (unpaired) electrons. The highest BCUT2D eigenvalue weighted by Gasteiger charge is 2.16. The van der Waals surface area contributed by atoms with Crippen LogP contribution in [0.15, 0.2) is 12.3 Å². The van der Waals surface area contributed by atoms with Crippen molar-refractivity contribution in [2.24, 2.45) is 0 Å². The van der Waals surface area contributed by atoms with Gasteiger partial charge in [0.25, 0.3) is 0 Å². The number of rotatable bonds is 2. The zero-order valence-corrected chi connectivity index (χ0v) is 7.65. The van der Waals surface area contributed by atoms with Crippen LogP contribution in [0.25, 0.3) is 0 Å². The first-order valence-electron chi connectivity index (χ1n) is 4.02. The minimum atomic E-state index is -0.616. The molecule has 0 bridgehead atoms. The van der Waals surface area contributed by atoms with Crippen LogP contribution in [0.4, 0.5) is 5.82 Å². The van der Waals surface area contributed by atoms with Gasteiger partial charge in [0.2, 0.25) is 0 Å². The fourth-order valence-corrected chi connectivity index (χ4v) is 0.989. The smallest absolute Gasteiger partial charge is 0.343 e. The largest absolute Gasteiger partial charge is 0.462 e. The highest BCUT2D eigenvalue weighted by molar-refractivity contribution is 5.96. The molecule has 0 aromatic carbocycles. The normalized spacial score (nSPS) is 9.14. The lowest BCUT2D eigenvalue weighted by Crippen LogP contribution is -2.11. The summed E-state index contributed by atoms with van der Waals surface area (Å²) in [6, 6.07) is 3.27.